The smallest absolute Gasteiger partial charge is 0.277 e. The van der Waals surface area contributed by atoms with Gasteiger partial charge in [-0.15, -0.1) is 5.10 Å². The fourth-order valence-electron chi connectivity index (χ4n) is 4.49. The van der Waals surface area contributed by atoms with Crippen LogP contribution < -0.4 is 10.7 Å². The van der Waals surface area contributed by atoms with Gasteiger partial charge >= 0.3 is 0 Å². The molecule has 148 valence electrons. The molecule has 2 fully saturated rings. The van der Waals surface area contributed by atoms with E-state index in [0.29, 0.717) is 49.7 Å². The summed E-state index contributed by atoms with van der Waals surface area (Å²) in [5.41, 5.74) is 0.448. The van der Waals surface area contributed by atoms with Gasteiger partial charge in [-0.2, -0.15) is 0 Å². The summed E-state index contributed by atoms with van der Waals surface area (Å²) >= 11 is 0. The van der Waals surface area contributed by atoms with E-state index in [1.807, 2.05) is 12.1 Å². The fourth-order valence-corrected chi connectivity index (χ4v) is 4.49. The summed E-state index contributed by atoms with van der Waals surface area (Å²) in [6.07, 6.45) is 4.21. The van der Waals surface area contributed by atoms with Crippen molar-refractivity contribution >= 4 is 22.8 Å². The van der Waals surface area contributed by atoms with Crippen LogP contribution in [0.15, 0.2) is 29.1 Å². The van der Waals surface area contributed by atoms with E-state index in [4.69, 9.17) is 0 Å². The lowest BCUT2D eigenvalue weighted by molar-refractivity contribution is -0.310. The van der Waals surface area contributed by atoms with Gasteiger partial charge in [0.05, 0.1) is 17.4 Å². The second-order valence-electron chi connectivity index (χ2n) is 7.82. The van der Waals surface area contributed by atoms with E-state index in [1.165, 1.54) is 9.58 Å². The van der Waals surface area contributed by atoms with Crippen LogP contribution in [0.25, 0.3) is 10.9 Å². The number of fused-ring (bicyclic) bond motifs is 1. The van der Waals surface area contributed by atoms with Crippen LogP contribution >= 0.6 is 0 Å². The molecule has 1 aliphatic carbocycles. The summed E-state index contributed by atoms with van der Waals surface area (Å²) in [6.45, 7) is 0.989. The highest BCUT2D eigenvalue weighted by atomic mass is 16.4. The molecule has 4 rings (SSSR count). The molecule has 1 saturated heterocycles. The minimum Gasteiger partial charge on any atom is -0.548 e. The maximum Gasteiger partial charge on any atom is 0.277 e. The van der Waals surface area contributed by atoms with Crippen molar-refractivity contribution in [1.29, 1.82) is 0 Å². The van der Waals surface area contributed by atoms with Gasteiger partial charge in [0.25, 0.3) is 5.56 Å². The number of aromatic nitrogens is 3. The molecule has 1 aromatic heterocycles. The van der Waals surface area contributed by atoms with Crippen molar-refractivity contribution in [3.63, 3.8) is 0 Å². The molecular formula is C20H23N4O4-. The van der Waals surface area contributed by atoms with Gasteiger partial charge in [-0.1, -0.05) is 17.3 Å². The molecule has 0 bridgehead atoms. The Kier molecular flexibility index (Phi) is 5.11. The van der Waals surface area contributed by atoms with Crippen LogP contribution in [0.1, 0.15) is 38.5 Å². The quantitative estimate of drug-likeness (QED) is 0.753. The Hall–Kier alpha value is -2.77. The van der Waals surface area contributed by atoms with E-state index in [9.17, 15) is 19.5 Å². The highest BCUT2D eigenvalue weighted by Crippen LogP contribution is 2.32. The summed E-state index contributed by atoms with van der Waals surface area (Å²) in [4.78, 5) is 38.0. The largest absolute Gasteiger partial charge is 0.548 e. The Morgan fingerprint density at radius 1 is 1.11 bits per heavy atom. The van der Waals surface area contributed by atoms with E-state index < -0.39 is 12.0 Å². The molecule has 2 heterocycles. The first-order valence-electron chi connectivity index (χ1n) is 9.88. The number of benzene rings is 1. The fraction of sp³-hybridized carbons (Fsp3) is 0.550. The average molecular weight is 383 g/mol. The molecule has 1 atom stereocenters. The molecule has 8 nitrogen and oxygen atoms in total. The number of nitrogens with zero attached hydrogens (tertiary/aromatic N) is 4. The molecule has 1 aromatic carbocycles. The van der Waals surface area contributed by atoms with Gasteiger partial charge in [0.15, 0.2) is 0 Å². The normalized spacial score (nSPS) is 25.1. The monoisotopic (exact) mass is 383 g/mol. The number of amides is 1. The summed E-state index contributed by atoms with van der Waals surface area (Å²) in [7, 11) is 0. The average Bonchev–Trinajstić information content (AvgIpc) is 3.21. The highest BCUT2D eigenvalue weighted by molar-refractivity contribution is 5.85. The molecule has 8 heteroatoms. The molecular weight excluding hydrogens is 360 g/mol. The van der Waals surface area contributed by atoms with Crippen molar-refractivity contribution in [2.45, 2.75) is 51.1 Å². The summed E-state index contributed by atoms with van der Waals surface area (Å²) in [5, 5.41) is 20.0. The first-order valence-corrected chi connectivity index (χ1v) is 9.88. The Labute approximate surface area is 162 Å². The second kappa shape index (κ2) is 7.69. The third-order valence-corrected chi connectivity index (χ3v) is 6.06. The molecule has 2 aromatic rings. The van der Waals surface area contributed by atoms with Crippen LogP contribution in [0.4, 0.5) is 0 Å². The van der Waals surface area contributed by atoms with Gasteiger partial charge < -0.3 is 14.8 Å². The topological polar surface area (TPSA) is 108 Å². The molecule has 0 radical (unpaired) electrons. The molecule has 0 N–H and O–H groups in total. The summed E-state index contributed by atoms with van der Waals surface area (Å²) < 4.78 is 1.42. The van der Waals surface area contributed by atoms with Gasteiger partial charge in [-0.3, -0.25) is 9.59 Å². The van der Waals surface area contributed by atoms with E-state index in [2.05, 4.69) is 10.3 Å². The molecule has 1 saturated carbocycles. The zero-order chi connectivity index (χ0) is 19.7. The van der Waals surface area contributed by atoms with Crippen molar-refractivity contribution < 1.29 is 14.7 Å². The maximum atomic E-state index is 12.7. The van der Waals surface area contributed by atoms with E-state index in [1.54, 1.807) is 12.1 Å². The van der Waals surface area contributed by atoms with E-state index in [-0.39, 0.29) is 23.3 Å². The van der Waals surface area contributed by atoms with Crippen LogP contribution in [0, 0.1) is 11.8 Å². The Morgan fingerprint density at radius 2 is 1.86 bits per heavy atom. The molecule has 2 aliphatic rings. The van der Waals surface area contributed by atoms with Crippen molar-refractivity contribution in [3.8, 4) is 0 Å². The number of carboxylic acid groups (broad SMARTS) is 1. The summed E-state index contributed by atoms with van der Waals surface area (Å²) in [5.74, 6) is -1.11. The molecule has 28 heavy (non-hydrogen) atoms. The van der Waals surface area contributed by atoms with Crippen molar-refractivity contribution in [2.75, 3.05) is 6.54 Å². The minimum atomic E-state index is -1.16. The Balaban J connectivity index is 1.38. The number of carboxylic acids is 1. The lowest BCUT2D eigenvalue weighted by atomic mass is 9.81. The number of carbonyl (C=O) groups is 2. The standard InChI is InChI=1S/C20H24N4O4/c25-18(23-11-3-6-17(23)20(27)28)14-9-7-13(8-10-14)12-24-19(26)15-4-1-2-5-16(15)21-22-24/h1-2,4-5,13-14,17H,3,6-12H2,(H,27,28)/p-1/t13?,14?,17-/m0/s1. The van der Waals surface area contributed by atoms with Gasteiger partial charge in [0, 0.05) is 19.0 Å². The Bertz CT molecular complexity index is 949. The van der Waals surface area contributed by atoms with Crippen molar-refractivity contribution in [3.05, 3.63) is 34.6 Å². The minimum absolute atomic E-state index is 0.0622. The van der Waals surface area contributed by atoms with E-state index in [0.717, 1.165) is 12.8 Å². The zero-order valence-corrected chi connectivity index (χ0v) is 15.6. The second-order valence-corrected chi connectivity index (χ2v) is 7.82. The molecule has 0 spiro atoms. The third-order valence-electron chi connectivity index (χ3n) is 6.06. The predicted molar refractivity (Wildman–Crippen MR) is 99.0 cm³/mol. The first-order chi connectivity index (χ1) is 13.5. The number of hydrogen-bond donors (Lipinski definition) is 0. The van der Waals surface area contributed by atoms with Crippen LogP contribution in [0.5, 0.6) is 0 Å². The number of aliphatic carboxylic acids is 1. The third kappa shape index (κ3) is 3.50. The lowest BCUT2D eigenvalue weighted by Gasteiger charge is -2.33. The lowest BCUT2D eigenvalue weighted by Crippen LogP contribution is -2.49. The van der Waals surface area contributed by atoms with Crippen LogP contribution in [0.2, 0.25) is 0 Å². The van der Waals surface area contributed by atoms with Gasteiger partial charge in [0.2, 0.25) is 5.91 Å². The number of hydrogen-bond acceptors (Lipinski definition) is 6. The van der Waals surface area contributed by atoms with E-state index >= 15 is 0 Å². The van der Waals surface area contributed by atoms with Crippen molar-refractivity contribution in [2.24, 2.45) is 11.8 Å². The SMILES string of the molecule is O=C([O-])[C@@H]1CCCN1C(=O)C1CCC(Cn2nnc3ccccc3c2=O)CC1. The van der Waals surface area contributed by atoms with Gasteiger partial charge in [-0.05, 0) is 56.6 Å². The van der Waals surface area contributed by atoms with Crippen LogP contribution in [-0.2, 0) is 16.1 Å². The molecule has 1 amide bonds. The molecule has 1 aliphatic heterocycles. The maximum absolute atomic E-state index is 12.7. The number of rotatable bonds is 4. The van der Waals surface area contributed by atoms with Crippen LogP contribution in [-0.4, -0.2) is 44.4 Å². The van der Waals surface area contributed by atoms with Gasteiger partial charge in [0.1, 0.15) is 5.52 Å². The number of likely N-dealkylation sites (tertiary alicyclic amines) is 1. The van der Waals surface area contributed by atoms with Crippen LogP contribution in [0.3, 0.4) is 0 Å². The summed E-state index contributed by atoms with van der Waals surface area (Å²) in [6, 6.07) is 6.37. The Morgan fingerprint density at radius 3 is 2.61 bits per heavy atom. The predicted octanol–water partition coefficient (Wildman–Crippen LogP) is 0.339. The molecule has 0 unspecified atom stereocenters. The zero-order valence-electron chi connectivity index (χ0n) is 15.6. The highest BCUT2D eigenvalue weighted by Gasteiger charge is 2.35. The number of carbonyl (C=O) groups excluding carboxylic acids is 2. The first kappa shape index (κ1) is 18.6. The van der Waals surface area contributed by atoms with Gasteiger partial charge in [-0.25, -0.2) is 4.68 Å². The van der Waals surface area contributed by atoms with Crippen molar-refractivity contribution in [1.82, 2.24) is 19.9 Å².